The fourth-order valence-corrected chi connectivity index (χ4v) is 2.11. The zero-order valence-corrected chi connectivity index (χ0v) is 12.3. The number of nitrogens with zero attached hydrogens (tertiary/aromatic N) is 2. The molecule has 1 N–H and O–H groups in total. The van der Waals surface area contributed by atoms with Gasteiger partial charge in [-0.05, 0) is 44.4 Å². The van der Waals surface area contributed by atoms with E-state index in [-0.39, 0.29) is 0 Å². The highest BCUT2D eigenvalue weighted by atomic mass is 15.0. The van der Waals surface area contributed by atoms with Crippen LogP contribution in [0.2, 0.25) is 0 Å². The lowest BCUT2D eigenvalue weighted by Crippen LogP contribution is -2.06. The molecule has 2 aromatic rings. The fourth-order valence-electron chi connectivity index (χ4n) is 2.11. The zero-order valence-electron chi connectivity index (χ0n) is 12.3. The number of aromatic nitrogens is 2. The van der Waals surface area contributed by atoms with E-state index in [0.717, 1.165) is 29.3 Å². The third-order valence-corrected chi connectivity index (χ3v) is 3.61. The van der Waals surface area contributed by atoms with Gasteiger partial charge in [0.05, 0.1) is 0 Å². The van der Waals surface area contributed by atoms with Crippen LogP contribution in [0.4, 0.5) is 5.82 Å². The molecule has 1 aromatic heterocycles. The highest BCUT2D eigenvalue weighted by Crippen LogP contribution is 2.17. The summed E-state index contributed by atoms with van der Waals surface area (Å²) in [6.07, 6.45) is 0.775. The summed E-state index contributed by atoms with van der Waals surface area (Å²) < 4.78 is 0. The predicted molar refractivity (Wildman–Crippen MR) is 79.8 cm³/mol. The normalized spacial score (nSPS) is 10.6. The minimum Gasteiger partial charge on any atom is -0.373 e. The highest BCUT2D eigenvalue weighted by molar-refractivity contribution is 5.45. The summed E-state index contributed by atoms with van der Waals surface area (Å²) in [5, 5.41) is 3.13. The van der Waals surface area contributed by atoms with E-state index in [0.29, 0.717) is 0 Å². The molecule has 19 heavy (non-hydrogen) atoms. The Morgan fingerprint density at radius 3 is 2.37 bits per heavy atom. The number of anilines is 1. The molecule has 1 aromatic carbocycles. The molecule has 0 bridgehead atoms. The van der Waals surface area contributed by atoms with Crippen LogP contribution in [0.15, 0.2) is 18.2 Å². The summed E-state index contributed by atoms with van der Waals surface area (Å²) >= 11 is 0. The molecule has 0 saturated carbocycles. The fraction of sp³-hybridized carbons (Fsp3) is 0.375. The van der Waals surface area contributed by atoms with Gasteiger partial charge in [0.25, 0.3) is 0 Å². The summed E-state index contributed by atoms with van der Waals surface area (Å²) in [4.78, 5) is 9.15. The predicted octanol–water partition coefficient (Wildman–Crippen LogP) is 3.34. The van der Waals surface area contributed by atoms with Crippen LogP contribution in [-0.4, -0.2) is 17.0 Å². The SMILES string of the molecule is CNc1nc(Cc2ccc(C)c(C)c2)nc(C)c1C. The van der Waals surface area contributed by atoms with Gasteiger partial charge < -0.3 is 5.32 Å². The Morgan fingerprint density at radius 1 is 1.00 bits per heavy atom. The summed E-state index contributed by atoms with van der Waals surface area (Å²) in [5.41, 5.74) is 6.05. The van der Waals surface area contributed by atoms with Crippen molar-refractivity contribution >= 4 is 5.82 Å². The molecule has 2 rings (SSSR count). The molecule has 0 aliphatic carbocycles. The Balaban J connectivity index is 2.32. The van der Waals surface area contributed by atoms with Gasteiger partial charge in [-0.2, -0.15) is 0 Å². The van der Waals surface area contributed by atoms with Crippen molar-refractivity contribution in [2.75, 3.05) is 12.4 Å². The number of aryl methyl sites for hydroxylation is 3. The monoisotopic (exact) mass is 255 g/mol. The summed E-state index contributed by atoms with van der Waals surface area (Å²) in [5.74, 6) is 1.79. The Hall–Kier alpha value is -1.90. The molecule has 1 heterocycles. The Bertz CT molecular complexity index is 603. The van der Waals surface area contributed by atoms with E-state index in [4.69, 9.17) is 0 Å². The van der Waals surface area contributed by atoms with Crippen molar-refractivity contribution in [2.24, 2.45) is 0 Å². The molecule has 100 valence electrons. The highest BCUT2D eigenvalue weighted by Gasteiger charge is 2.07. The number of benzene rings is 1. The van der Waals surface area contributed by atoms with E-state index in [2.05, 4.69) is 47.3 Å². The minimum atomic E-state index is 0.775. The molecule has 0 saturated heterocycles. The van der Waals surface area contributed by atoms with Crippen LogP contribution < -0.4 is 5.32 Å². The van der Waals surface area contributed by atoms with Crippen LogP contribution in [-0.2, 0) is 6.42 Å². The van der Waals surface area contributed by atoms with E-state index in [1.54, 1.807) is 0 Å². The molecule has 3 nitrogen and oxygen atoms in total. The second-order valence-electron chi connectivity index (χ2n) is 5.04. The minimum absolute atomic E-state index is 0.775. The van der Waals surface area contributed by atoms with Gasteiger partial charge in [-0.25, -0.2) is 9.97 Å². The summed E-state index contributed by atoms with van der Waals surface area (Å²) in [7, 11) is 1.90. The van der Waals surface area contributed by atoms with Crippen molar-refractivity contribution in [3.63, 3.8) is 0 Å². The first-order chi connectivity index (χ1) is 9.01. The zero-order chi connectivity index (χ0) is 14.0. The lowest BCUT2D eigenvalue weighted by molar-refractivity contribution is 0.928. The number of hydrogen-bond acceptors (Lipinski definition) is 3. The molecular weight excluding hydrogens is 234 g/mol. The van der Waals surface area contributed by atoms with Gasteiger partial charge in [-0.3, -0.25) is 0 Å². The van der Waals surface area contributed by atoms with Gasteiger partial charge in [0, 0.05) is 24.7 Å². The van der Waals surface area contributed by atoms with E-state index < -0.39 is 0 Å². The average Bonchev–Trinajstić information content (AvgIpc) is 2.38. The van der Waals surface area contributed by atoms with E-state index >= 15 is 0 Å². The Labute approximate surface area is 115 Å². The third-order valence-electron chi connectivity index (χ3n) is 3.61. The molecule has 0 unspecified atom stereocenters. The Kier molecular flexibility index (Phi) is 3.84. The van der Waals surface area contributed by atoms with Crippen LogP contribution in [0.5, 0.6) is 0 Å². The van der Waals surface area contributed by atoms with Crippen molar-refractivity contribution in [1.82, 2.24) is 9.97 Å². The van der Waals surface area contributed by atoms with Gasteiger partial charge in [0.15, 0.2) is 0 Å². The Morgan fingerprint density at radius 2 is 1.74 bits per heavy atom. The van der Waals surface area contributed by atoms with Crippen LogP contribution in [0, 0.1) is 27.7 Å². The topological polar surface area (TPSA) is 37.8 Å². The second kappa shape index (κ2) is 5.39. The van der Waals surface area contributed by atoms with Crippen molar-refractivity contribution in [1.29, 1.82) is 0 Å². The van der Waals surface area contributed by atoms with Gasteiger partial charge >= 0.3 is 0 Å². The second-order valence-corrected chi connectivity index (χ2v) is 5.04. The largest absolute Gasteiger partial charge is 0.373 e. The molecule has 0 aliphatic rings. The molecule has 0 fully saturated rings. The first kappa shape index (κ1) is 13.5. The van der Waals surface area contributed by atoms with Crippen LogP contribution >= 0.6 is 0 Å². The maximum atomic E-state index is 4.58. The van der Waals surface area contributed by atoms with Crippen LogP contribution in [0.25, 0.3) is 0 Å². The molecule has 0 aliphatic heterocycles. The molecule has 3 heteroatoms. The standard InChI is InChI=1S/C16H21N3/c1-10-6-7-14(8-11(10)2)9-15-18-13(4)12(3)16(17-5)19-15/h6-8H,9H2,1-5H3,(H,17,18,19). The molecule has 0 spiro atoms. The quantitative estimate of drug-likeness (QED) is 0.914. The first-order valence-electron chi connectivity index (χ1n) is 6.59. The number of hydrogen-bond donors (Lipinski definition) is 1. The first-order valence-corrected chi connectivity index (χ1v) is 6.59. The van der Waals surface area contributed by atoms with E-state index in [9.17, 15) is 0 Å². The van der Waals surface area contributed by atoms with Crippen molar-refractivity contribution in [3.05, 3.63) is 52.0 Å². The van der Waals surface area contributed by atoms with Gasteiger partial charge in [-0.15, -0.1) is 0 Å². The van der Waals surface area contributed by atoms with Gasteiger partial charge in [0.1, 0.15) is 11.6 Å². The van der Waals surface area contributed by atoms with Crippen LogP contribution in [0.3, 0.4) is 0 Å². The van der Waals surface area contributed by atoms with E-state index in [1.165, 1.54) is 16.7 Å². The smallest absolute Gasteiger partial charge is 0.135 e. The average molecular weight is 255 g/mol. The lowest BCUT2D eigenvalue weighted by atomic mass is 10.0. The summed E-state index contributed by atoms with van der Waals surface area (Å²) in [6.45, 7) is 8.34. The van der Waals surface area contributed by atoms with Crippen molar-refractivity contribution < 1.29 is 0 Å². The maximum absolute atomic E-state index is 4.58. The van der Waals surface area contributed by atoms with Gasteiger partial charge in [0.2, 0.25) is 0 Å². The van der Waals surface area contributed by atoms with E-state index in [1.807, 2.05) is 20.9 Å². The molecule has 0 atom stereocenters. The number of rotatable bonds is 3. The van der Waals surface area contributed by atoms with Gasteiger partial charge in [-0.1, -0.05) is 18.2 Å². The van der Waals surface area contributed by atoms with Crippen LogP contribution in [0.1, 0.15) is 33.8 Å². The number of nitrogens with one attached hydrogen (secondary N) is 1. The third kappa shape index (κ3) is 2.92. The van der Waals surface area contributed by atoms with Crippen molar-refractivity contribution in [2.45, 2.75) is 34.1 Å². The maximum Gasteiger partial charge on any atom is 0.135 e. The van der Waals surface area contributed by atoms with Crippen molar-refractivity contribution in [3.8, 4) is 0 Å². The molecule has 0 amide bonds. The molecular formula is C16H21N3. The molecule has 0 radical (unpaired) electrons. The summed E-state index contributed by atoms with van der Waals surface area (Å²) in [6, 6.07) is 6.53. The lowest BCUT2D eigenvalue weighted by Gasteiger charge is -2.10.